The summed E-state index contributed by atoms with van der Waals surface area (Å²) in [7, 11) is 0.684. The minimum Gasteiger partial charge on any atom is -0.492 e. The van der Waals surface area contributed by atoms with Crippen LogP contribution in [0.1, 0.15) is 12.8 Å². The van der Waals surface area contributed by atoms with E-state index in [0.29, 0.717) is 25.6 Å². The predicted molar refractivity (Wildman–Crippen MR) is 120 cm³/mol. The van der Waals surface area contributed by atoms with Gasteiger partial charge in [0.05, 0.1) is 12.8 Å². The van der Waals surface area contributed by atoms with Crippen molar-refractivity contribution in [1.82, 2.24) is 14.5 Å². The fourth-order valence-electron chi connectivity index (χ4n) is 2.99. The highest BCUT2D eigenvalue weighted by Crippen LogP contribution is 2.18. The maximum Gasteiger partial charge on any atom is 0.211 e. The van der Waals surface area contributed by atoms with E-state index in [2.05, 4.69) is 10.3 Å². The van der Waals surface area contributed by atoms with Crippen LogP contribution in [0.15, 0.2) is 35.3 Å². The number of guanidine groups is 1. The number of sulfonamides is 1. The van der Waals surface area contributed by atoms with Gasteiger partial charge in [-0.15, -0.1) is 24.0 Å². The fraction of sp³-hybridized carbons (Fsp3) is 0.611. The second-order valence-electron chi connectivity index (χ2n) is 6.62. The molecule has 27 heavy (non-hydrogen) atoms. The molecule has 0 radical (unpaired) electrons. The van der Waals surface area contributed by atoms with Gasteiger partial charge in [0.15, 0.2) is 5.96 Å². The van der Waals surface area contributed by atoms with Gasteiger partial charge in [-0.3, -0.25) is 4.99 Å². The summed E-state index contributed by atoms with van der Waals surface area (Å²) in [6.45, 7) is 3.30. The molecule has 0 aliphatic carbocycles. The molecule has 7 nitrogen and oxygen atoms in total. The molecule has 0 unspecified atom stereocenters. The van der Waals surface area contributed by atoms with Crippen molar-refractivity contribution in [3.63, 3.8) is 0 Å². The van der Waals surface area contributed by atoms with Crippen LogP contribution in [0.25, 0.3) is 0 Å². The molecule has 0 spiro atoms. The average molecular weight is 510 g/mol. The summed E-state index contributed by atoms with van der Waals surface area (Å²) in [5.41, 5.74) is 0. The first-order valence-corrected chi connectivity index (χ1v) is 10.8. The summed E-state index contributed by atoms with van der Waals surface area (Å²) in [5, 5.41) is 3.39. The topological polar surface area (TPSA) is 74.2 Å². The van der Waals surface area contributed by atoms with E-state index < -0.39 is 10.0 Å². The number of nitrogens with zero attached hydrogens (tertiary/aromatic N) is 3. The SMILES string of the molecule is CN=C(NCC1CCN(S(C)(=O)=O)CC1)N(C)CCOc1ccccc1.I. The second kappa shape index (κ2) is 11.7. The zero-order chi connectivity index (χ0) is 19.0. The number of para-hydroxylation sites is 1. The molecule has 0 aromatic heterocycles. The van der Waals surface area contributed by atoms with Gasteiger partial charge >= 0.3 is 0 Å². The summed E-state index contributed by atoms with van der Waals surface area (Å²) in [4.78, 5) is 6.36. The van der Waals surface area contributed by atoms with Gasteiger partial charge in [0, 0.05) is 33.7 Å². The highest BCUT2D eigenvalue weighted by Gasteiger charge is 2.25. The van der Waals surface area contributed by atoms with Crippen molar-refractivity contribution in [2.75, 3.05) is 53.1 Å². The number of hydrogen-bond donors (Lipinski definition) is 1. The molecule has 1 fully saturated rings. The van der Waals surface area contributed by atoms with E-state index in [4.69, 9.17) is 4.74 Å². The first-order valence-electron chi connectivity index (χ1n) is 8.95. The lowest BCUT2D eigenvalue weighted by atomic mass is 9.98. The van der Waals surface area contributed by atoms with E-state index in [9.17, 15) is 8.42 Å². The number of piperidine rings is 1. The second-order valence-corrected chi connectivity index (χ2v) is 8.60. The maximum atomic E-state index is 11.6. The van der Waals surface area contributed by atoms with Crippen molar-refractivity contribution in [3.05, 3.63) is 30.3 Å². The number of halogens is 1. The molecule has 154 valence electrons. The molecule has 1 aromatic rings. The molecule has 0 saturated carbocycles. The molecular weight excluding hydrogens is 479 g/mol. The van der Waals surface area contributed by atoms with Gasteiger partial charge in [0.1, 0.15) is 12.4 Å². The predicted octanol–water partition coefficient (Wildman–Crippen LogP) is 1.86. The Morgan fingerprint density at radius 2 is 1.93 bits per heavy atom. The summed E-state index contributed by atoms with van der Waals surface area (Å²) in [6.07, 6.45) is 3.02. The highest BCUT2D eigenvalue weighted by molar-refractivity contribution is 14.0. The molecule has 1 N–H and O–H groups in total. The van der Waals surface area contributed by atoms with Crippen LogP contribution in [-0.2, 0) is 10.0 Å². The molecule has 0 bridgehead atoms. The summed E-state index contributed by atoms with van der Waals surface area (Å²) >= 11 is 0. The Kier molecular flexibility index (Phi) is 10.4. The van der Waals surface area contributed by atoms with Crippen molar-refractivity contribution < 1.29 is 13.2 Å². The number of ether oxygens (including phenoxy) is 1. The minimum absolute atomic E-state index is 0. The van der Waals surface area contributed by atoms with Crippen LogP contribution in [-0.4, -0.2) is 76.7 Å². The van der Waals surface area contributed by atoms with E-state index in [0.717, 1.165) is 37.6 Å². The van der Waals surface area contributed by atoms with Gasteiger partial charge in [-0.1, -0.05) is 18.2 Å². The van der Waals surface area contributed by atoms with Crippen LogP contribution in [0.4, 0.5) is 0 Å². The quantitative estimate of drug-likeness (QED) is 0.345. The number of benzene rings is 1. The van der Waals surface area contributed by atoms with E-state index in [1.165, 1.54) is 6.26 Å². The average Bonchev–Trinajstić information content (AvgIpc) is 2.63. The first-order chi connectivity index (χ1) is 12.4. The van der Waals surface area contributed by atoms with Gasteiger partial charge in [-0.25, -0.2) is 12.7 Å². The Bertz CT molecular complexity index is 677. The van der Waals surface area contributed by atoms with Crippen molar-refractivity contribution in [3.8, 4) is 5.75 Å². The van der Waals surface area contributed by atoms with Gasteiger partial charge < -0.3 is 15.0 Å². The zero-order valence-electron chi connectivity index (χ0n) is 16.3. The number of aliphatic imine (C=N–C) groups is 1. The van der Waals surface area contributed by atoms with Crippen molar-refractivity contribution in [2.24, 2.45) is 10.9 Å². The Hall–Kier alpha value is -1.07. The number of rotatable bonds is 7. The Morgan fingerprint density at radius 1 is 1.30 bits per heavy atom. The lowest BCUT2D eigenvalue weighted by Gasteiger charge is -2.31. The summed E-state index contributed by atoms with van der Waals surface area (Å²) < 4.78 is 30.4. The standard InChI is InChI=1S/C18H30N4O3S.HI/c1-19-18(21(2)13-14-25-17-7-5-4-6-8-17)20-15-16-9-11-22(12-10-16)26(3,23)24;/h4-8,16H,9-15H2,1-3H3,(H,19,20);1H. The zero-order valence-corrected chi connectivity index (χ0v) is 19.4. The van der Waals surface area contributed by atoms with E-state index in [1.54, 1.807) is 11.4 Å². The third kappa shape index (κ3) is 8.22. The Morgan fingerprint density at radius 3 is 2.48 bits per heavy atom. The van der Waals surface area contributed by atoms with E-state index in [1.807, 2.05) is 42.3 Å². The minimum atomic E-state index is -3.06. The number of likely N-dealkylation sites (N-methyl/N-ethyl adjacent to an activating group) is 1. The lowest BCUT2D eigenvalue weighted by Crippen LogP contribution is -2.45. The molecule has 1 aromatic carbocycles. The molecule has 1 aliphatic heterocycles. The normalized spacial score (nSPS) is 16.5. The van der Waals surface area contributed by atoms with Crippen LogP contribution in [0.3, 0.4) is 0 Å². The van der Waals surface area contributed by atoms with Gasteiger partial charge in [-0.05, 0) is 30.9 Å². The van der Waals surface area contributed by atoms with Crippen molar-refractivity contribution in [1.29, 1.82) is 0 Å². The van der Waals surface area contributed by atoms with Crippen LogP contribution in [0.5, 0.6) is 5.75 Å². The smallest absolute Gasteiger partial charge is 0.211 e. The Labute approximate surface area is 180 Å². The molecule has 1 saturated heterocycles. The van der Waals surface area contributed by atoms with E-state index in [-0.39, 0.29) is 24.0 Å². The van der Waals surface area contributed by atoms with Crippen LogP contribution in [0.2, 0.25) is 0 Å². The van der Waals surface area contributed by atoms with Crippen LogP contribution < -0.4 is 10.1 Å². The highest BCUT2D eigenvalue weighted by atomic mass is 127. The Balaban J connectivity index is 0.00000364. The molecule has 0 amide bonds. The van der Waals surface area contributed by atoms with Gasteiger partial charge in [0.2, 0.25) is 10.0 Å². The molecular formula is C18H31IN4O3S. The maximum absolute atomic E-state index is 11.6. The third-order valence-corrected chi connectivity index (χ3v) is 5.91. The summed E-state index contributed by atoms with van der Waals surface area (Å²) in [6, 6.07) is 9.75. The fourth-order valence-corrected chi connectivity index (χ4v) is 3.86. The van der Waals surface area contributed by atoms with Gasteiger partial charge in [0.25, 0.3) is 0 Å². The molecule has 1 aliphatic rings. The van der Waals surface area contributed by atoms with Crippen molar-refractivity contribution in [2.45, 2.75) is 12.8 Å². The molecule has 9 heteroatoms. The summed E-state index contributed by atoms with van der Waals surface area (Å²) in [5.74, 6) is 2.15. The first kappa shape index (κ1) is 24.0. The monoisotopic (exact) mass is 510 g/mol. The lowest BCUT2D eigenvalue weighted by molar-refractivity contribution is 0.267. The van der Waals surface area contributed by atoms with Gasteiger partial charge in [-0.2, -0.15) is 0 Å². The number of nitrogens with one attached hydrogen (secondary N) is 1. The van der Waals surface area contributed by atoms with E-state index >= 15 is 0 Å². The largest absolute Gasteiger partial charge is 0.492 e. The molecule has 2 rings (SSSR count). The van der Waals surface area contributed by atoms with Crippen molar-refractivity contribution >= 4 is 40.0 Å². The number of hydrogen-bond acceptors (Lipinski definition) is 4. The van der Waals surface area contributed by atoms with Crippen LogP contribution >= 0.6 is 24.0 Å². The third-order valence-electron chi connectivity index (χ3n) is 4.60. The molecule has 0 atom stereocenters. The molecule has 1 heterocycles. The van der Waals surface area contributed by atoms with Crippen LogP contribution in [0, 0.1) is 5.92 Å².